The second-order valence-corrected chi connectivity index (χ2v) is 12.2. The number of para-hydroxylation sites is 1. The van der Waals surface area contributed by atoms with Gasteiger partial charge in [0.25, 0.3) is 0 Å². The Kier molecular flexibility index (Phi) is 10.5. The van der Waals surface area contributed by atoms with E-state index in [1.165, 1.54) is 22.5 Å². The van der Waals surface area contributed by atoms with Crippen molar-refractivity contribution < 1.29 is 14.4 Å². The number of carbonyl (C=O) groups is 3. The molecule has 1 fully saturated rings. The van der Waals surface area contributed by atoms with E-state index in [0.717, 1.165) is 16.6 Å². The lowest BCUT2D eigenvalue weighted by molar-refractivity contribution is -0.132. The number of hydrogen-bond acceptors (Lipinski definition) is 5. The van der Waals surface area contributed by atoms with Crippen LogP contribution in [0.4, 0.5) is 14.7 Å². The molecule has 0 spiro atoms. The van der Waals surface area contributed by atoms with E-state index in [4.69, 9.17) is 0 Å². The Morgan fingerprint density at radius 2 is 1.41 bits per heavy atom. The maximum Gasteiger partial charge on any atom is 0.323 e. The van der Waals surface area contributed by atoms with E-state index in [1.807, 2.05) is 70.5 Å². The Morgan fingerprint density at radius 1 is 0.818 bits per heavy atom. The summed E-state index contributed by atoms with van der Waals surface area (Å²) >= 11 is 1.45. The highest BCUT2D eigenvalue weighted by Crippen LogP contribution is 2.29. The molecule has 10 heteroatoms. The molecule has 1 aromatic heterocycles. The van der Waals surface area contributed by atoms with Gasteiger partial charge in [0.05, 0.1) is 10.2 Å². The van der Waals surface area contributed by atoms with Gasteiger partial charge in [0.15, 0.2) is 5.13 Å². The fourth-order valence-electron chi connectivity index (χ4n) is 5.60. The number of rotatable bonds is 10. The molecule has 0 saturated carbocycles. The van der Waals surface area contributed by atoms with Crippen LogP contribution in [0.15, 0.2) is 84.9 Å². The smallest absolute Gasteiger partial charge is 0.323 e. The van der Waals surface area contributed by atoms with Crippen LogP contribution in [-0.4, -0.2) is 95.9 Å². The van der Waals surface area contributed by atoms with E-state index < -0.39 is 0 Å². The molecule has 1 saturated heterocycles. The molecule has 2 heterocycles. The summed E-state index contributed by atoms with van der Waals surface area (Å²) in [6.45, 7) is 3.06. The number of benzene rings is 3. The van der Waals surface area contributed by atoms with Gasteiger partial charge in [-0.15, -0.1) is 0 Å². The molecule has 5 amide bonds. The number of anilines is 1. The van der Waals surface area contributed by atoms with Gasteiger partial charge in [0.2, 0.25) is 5.91 Å². The molecule has 4 aromatic rings. The first-order valence-electron chi connectivity index (χ1n) is 15.1. The molecule has 0 atom stereocenters. The fourth-order valence-corrected chi connectivity index (χ4v) is 6.46. The predicted octanol–water partition coefficient (Wildman–Crippen LogP) is 5.96. The number of aromatic nitrogens is 1. The summed E-state index contributed by atoms with van der Waals surface area (Å²) in [5.74, 6) is 0.179. The van der Waals surface area contributed by atoms with Crippen LogP contribution in [0, 0.1) is 0 Å². The molecule has 1 N–H and O–H groups in total. The molecular formula is C34H40N6O3S. The van der Waals surface area contributed by atoms with E-state index in [-0.39, 0.29) is 23.9 Å². The summed E-state index contributed by atoms with van der Waals surface area (Å²) in [6.07, 6.45) is 1.62. The topological polar surface area (TPSA) is 89.1 Å². The summed E-state index contributed by atoms with van der Waals surface area (Å²) in [5.41, 5.74) is 3.25. The van der Waals surface area contributed by atoms with Crippen LogP contribution in [-0.2, 0) is 4.79 Å². The SMILES string of the molecule is CN(C)C(=O)N1CCN(C(=O)CCCN(CCC(c2ccccc2)c2ccccc2)C(=O)Nc2nc3ccccc3s2)CC1. The van der Waals surface area contributed by atoms with Crippen molar-refractivity contribution in [3.05, 3.63) is 96.1 Å². The zero-order valence-corrected chi connectivity index (χ0v) is 26.2. The third-order valence-corrected chi connectivity index (χ3v) is 8.94. The lowest BCUT2D eigenvalue weighted by Gasteiger charge is -2.36. The molecular weight excluding hydrogens is 572 g/mol. The lowest BCUT2D eigenvalue weighted by Crippen LogP contribution is -2.52. The Morgan fingerprint density at radius 3 is 2.02 bits per heavy atom. The first-order chi connectivity index (χ1) is 21.4. The van der Waals surface area contributed by atoms with Crippen LogP contribution in [0.1, 0.15) is 36.3 Å². The predicted molar refractivity (Wildman–Crippen MR) is 176 cm³/mol. The van der Waals surface area contributed by atoms with E-state index >= 15 is 0 Å². The van der Waals surface area contributed by atoms with Crippen LogP contribution in [0.25, 0.3) is 10.2 Å². The van der Waals surface area contributed by atoms with Gasteiger partial charge in [0, 0.05) is 65.7 Å². The molecule has 3 aromatic carbocycles. The standard InChI is InChI=1S/C34H40N6O3S/c1-37(2)34(43)40-24-22-38(23-25-40)31(41)18-11-20-39(33(42)36-32-35-29-16-9-10-17-30(29)44-32)21-19-28(26-12-5-3-6-13-26)27-14-7-4-8-15-27/h3-10,12-17,28H,11,18-25H2,1-2H3,(H,35,36,42). The van der Waals surface area contributed by atoms with Crippen molar-refractivity contribution in [3.63, 3.8) is 0 Å². The van der Waals surface area contributed by atoms with Crippen molar-refractivity contribution >= 4 is 44.7 Å². The molecule has 230 valence electrons. The molecule has 0 unspecified atom stereocenters. The van der Waals surface area contributed by atoms with Crippen molar-refractivity contribution in [1.29, 1.82) is 0 Å². The number of piperazine rings is 1. The van der Waals surface area contributed by atoms with Gasteiger partial charge in [-0.2, -0.15) is 0 Å². The molecule has 0 aliphatic carbocycles. The fraction of sp³-hybridized carbons (Fsp3) is 0.353. The molecule has 9 nitrogen and oxygen atoms in total. The Balaban J connectivity index is 1.24. The van der Waals surface area contributed by atoms with Gasteiger partial charge in [-0.3, -0.25) is 10.1 Å². The van der Waals surface area contributed by atoms with Gasteiger partial charge in [-0.1, -0.05) is 84.1 Å². The zero-order chi connectivity index (χ0) is 30.9. The molecule has 1 aliphatic rings. The largest absolute Gasteiger partial charge is 0.339 e. The van der Waals surface area contributed by atoms with Crippen LogP contribution >= 0.6 is 11.3 Å². The Bertz CT molecular complexity index is 1460. The number of amides is 5. The Hall–Kier alpha value is -4.44. The van der Waals surface area contributed by atoms with E-state index in [2.05, 4.69) is 34.6 Å². The first-order valence-corrected chi connectivity index (χ1v) is 16.0. The Labute approximate surface area is 263 Å². The number of carbonyl (C=O) groups excluding carboxylic acids is 3. The minimum Gasteiger partial charge on any atom is -0.339 e. The van der Waals surface area contributed by atoms with Gasteiger partial charge >= 0.3 is 12.1 Å². The minimum atomic E-state index is -0.216. The molecule has 5 rings (SSSR count). The van der Waals surface area contributed by atoms with Gasteiger partial charge in [-0.25, -0.2) is 14.6 Å². The first kappa shape index (κ1) is 31.0. The minimum absolute atomic E-state index is 0.0313. The van der Waals surface area contributed by atoms with E-state index in [0.29, 0.717) is 57.2 Å². The quantitative estimate of drug-likeness (QED) is 0.239. The van der Waals surface area contributed by atoms with Gasteiger partial charge in [-0.05, 0) is 36.1 Å². The maximum absolute atomic E-state index is 13.7. The summed E-state index contributed by atoms with van der Waals surface area (Å²) in [7, 11) is 3.47. The van der Waals surface area contributed by atoms with Crippen LogP contribution in [0.2, 0.25) is 0 Å². The zero-order valence-electron chi connectivity index (χ0n) is 25.4. The second-order valence-electron chi connectivity index (χ2n) is 11.2. The van der Waals surface area contributed by atoms with Crippen LogP contribution in [0.3, 0.4) is 0 Å². The summed E-state index contributed by atoms with van der Waals surface area (Å²) in [4.78, 5) is 50.5. The average Bonchev–Trinajstić information content (AvgIpc) is 3.47. The number of thiazole rings is 1. The monoisotopic (exact) mass is 612 g/mol. The number of urea groups is 2. The third-order valence-electron chi connectivity index (χ3n) is 7.99. The van der Waals surface area contributed by atoms with E-state index in [9.17, 15) is 14.4 Å². The number of fused-ring (bicyclic) bond motifs is 1. The summed E-state index contributed by atoms with van der Waals surface area (Å²) in [5, 5.41) is 3.58. The van der Waals surface area contributed by atoms with Crippen LogP contribution < -0.4 is 5.32 Å². The highest BCUT2D eigenvalue weighted by Gasteiger charge is 2.25. The average molecular weight is 613 g/mol. The number of hydrogen-bond donors (Lipinski definition) is 1. The summed E-state index contributed by atoms with van der Waals surface area (Å²) in [6, 6.07) is 28.3. The highest BCUT2D eigenvalue weighted by molar-refractivity contribution is 7.22. The van der Waals surface area contributed by atoms with Crippen molar-refractivity contribution in [2.24, 2.45) is 0 Å². The third kappa shape index (κ3) is 7.93. The molecule has 0 bridgehead atoms. The number of nitrogens with zero attached hydrogens (tertiary/aromatic N) is 5. The van der Waals surface area contributed by atoms with Crippen molar-refractivity contribution in [3.8, 4) is 0 Å². The van der Waals surface area contributed by atoms with Gasteiger partial charge in [0.1, 0.15) is 0 Å². The maximum atomic E-state index is 13.7. The molecule has 0 radical (unpaired) electrons. The molecule has 44 heavy (non-hydrogen) atoms. The lowest BCUT2D eigenvalue weighted by atomic mass is 9.88. The second kappa shape index (κ2) is 14.8. The van der Waals surface area contributed by atoms with E-state index in [1.54, 1.807) is 23.9 Å². The van der Waals surface area contributed by atoms with Gasteiger partial charge < -0.3 is 19.6 Å². The number of nitrogens with one attached hydrogen (secondary N) is 1. The van der Waals surface area contributed by atoms with Crippen LogP contribution in [0.5, 0.6) is 0 Å². The molecule has 1 aliphatic heterocycles. The van der Waals surface area contributed by atoms with Crippen molar-refractivity contribution in [1.82, 2.24) is 24.6 Å². The van der Waals surface area contributed by atoms with Crippen molar-refractivity contribution in [2.75, 3.05) is 58.7 Å². The normalized spacial score (nSPS) is 13.2. The van der Waals surface area contributed by atoms with Crippen molar-refractivity contribution in [2.45, 2.75) is 25.2 Å². The summed E-state index contributed by atoms with van der Waals surface area (Å²) < 4.78 is 1.01. The highest BCUT2D eigenvalue weighted by atomic mass is 32.1.